The summed E-state index contributed by atoms with van der Waals surface area (Å²) < 4.78 is 12.3. The summed E-state index contributed by atoms with van der Waals surface area (Å²) >= 11 is 1.76. The zero-order valence-corrected chi connectivity index (χ0v) is 21.6. The summed E-state index contributed by atoms with van der Waals surface area (Å²) in [5.74, 6) is 2.83. The van der Waals surface area contributed by atoms with Gasteiger partial charge in [0.15, 0.2) is 0 Å². The molecule has 0 radical (unpaired) electrons. The smallest absolute Gasteiger partial charge is 0.148 e. The molecule has 0 saturated heterocycles. The Hall–Kier alpha value is -3.78. The monoisotopic (exact) mass is 514 g/mol. The van der Waals surface area contributed by atoms with Gasteiger partial charge in [-0.15, -0.1) is 16.9 Å². The van der Waals surface area contributed by atoms with E-state index in [1.807, 2.05) is 36.6 Å². The number of tetrazole rings is 1. The van der Waals surface area contributed by atoms with Crippen LogP contribution in [-0.4, -0.2) is 38.1 Å². The molecule has 2 heterocycles. The van der Waals surface area contributed by atoms with E-state index in [1.165, 1.54) is 0 Å². The third-order valence-corrected chi connectivity index (χ3v) is 7.35. The van der Waals surface area contributed by atoms with Crippen molar-refractivity contribution >= 4 is 22.7 Å². The number of aromatic hydroxyl groups is 1. The molecular formula is C29H30N4O3S. The van der Waals surface area contributed by atoms with Gasteiger partial charge < -0.3 is 14.3 Å². The van der Waals surface area contributed by atoms with Crippen molar-refractivity contribution in [3.05, 3.63) is 83.9 Å². The van der Waals surface area contributed by atoms with Crippen molar-refractivity contribution in [1.29, 1.82) is 0 Å². The third kappa shape index (κ3) is 5.97. The van der Waals surface area contributed by atoms with Gasteiger partial charge in [0.05, 0.1) is 12.9 Å². The molecule has 0 atom stereocenters. The fourth-order valence-corrected chi connectivity index (χ4v) is 5.31. The van der Waals surface area contributed by atoms with Gasteiger partial charge in [-0.05, 0) is 71.1 Å². The largest absolute Gasteiger partial charge is 0.508 e. The van der Waals surface area contributed by atoms with Crippen LogP contribution < -0.4 is 4.74 Å². The summed E-state index contributed by atoms with van der Waals surface area (Å²) in [4.78, 5) is 1.13. The minimum Gasteiger partial charge on any atom is -0.508 e. The van der Waals surface area contributed by atoms with Gasteiger partial charge in [0.25, 0.3) is 0 Å². The van der Waals surface area contributed by atoms with E-state index in [1.54, 1.807) is 17.8 Å². The van der Waals surface area contributed by atoms with Gasteiger partial charge in [-0.2, -0.15) is 0 Å². The van der Waals surface area contributed by atoms with Crippen LogP contribution in [0.2, 0.25) is 0 Å². The average Bonchev–Trinajstić information content (AvgIpc) is 3.60. The van der Waals surface area contributed by atoms with Crippen molar-refractivity contribution in [2.45, 2.75) is 43.9 Å². The normalized spacial score (nSPS) is 11.3. The number of furan rings is 1. The first-order valence-corrected chi connectivity index (χ1v) is 13.6. The Morgan fingerprint density at radius 1 is 1.03 bits per heavy atom. The van der Waals surface area contributed by atoms with Gasteiger partial charge in [0.1, 0.15) is 22.9 Å². The number of nitrogens with one attached hydrogen (secondary N) is 1. The van der Waals surface area contributed by atoms with Crippen molar-refractivity contribution in [2.24, 2.45) is 0 Å². The van der Waals surface area contributed by atoms with Crippen LogP contribution in [0.25, 0.3) is 22.1 Å². The van der Waals surface area contributed by atoms with E-state index in [0.29, 0.717) is 31.0 Å². The molecule has 0 amide bonds. The third-order valence-electron chi connectivity index (χ3n) is 6.27. The van der Waals surface area contributed by atoms with Gasteiger partial charge in [-0.1, -0.05) is 43.7 Å². The van der Waals surface area contributed by atoms with E-state index >= 15 is 0 Å². The van der Waals surface area contributed by atoms with Crippen molar-refractivity contribution in [2.75, 3.05) is 12.4 Å². The second kappa shape index (κ2) is 12.0. The molecule has 190 valence electrons. The molecule has 7 nitrogen and oxygen atoms in total. The number of aromatic nitrogens is 4. The van der Waals surface area contributed by atoms with E-state index < -0.39 is 0 Å². The zero-order chi connectivity index (χ0) is 25.5. The summed E-state index contributed by atoms with van der Waals surface area (Å²) in [5.41, 5.74) is 5.22. The standard InChI is InChI=1S/C29H30N4O3S/c1-2-7-24-27(14-12-23-25(19-36-29(23)24)20-8-4-3-5-9-20)35-16-6-17-37-22-11-13-26(34)21(18-22)10-15-28-30-32-33-31-28/h3-5,8-9,11-14,18-19,34H,2,6-7,10,15-17H2,1H3,(H,30,31,32,33). The second-order valence-corrected chi connectivity index (χ2v) is 10.0. The molecule has 0 aliphatic carbocycles. The number of aryl methyl sites for hydroxylation is 3. The van der Waals surface area contributed by atoms with Crippen molar-refractivity contribution in [1.82, 2.24) is 20.6 Å². The minimum atomic E-state index is 0.298. The van der Waals surface area contributed by atoms with E-state index in [2.05, 4.69) is 51.8 Å². The average molecular weight is 515 g/mol. The topological polar surface area (TPSA) is 97.1 Å². The van der Waals surface area contributed by atoms with Gasteiger partial charge in [-0.25, -0.2) is 5.10 Å². The molecule has 2 aromatic heterocycles. The quantitative estimate of drug-likeness (QED) is 0.143. The summed E-state index contributed by atoms with van der Waals surface area (Å²) in [6.07, 6.45) is 6.00. The molecule has 37 heavy (non-hydrogen) atoms. The number of hydrogen-bond donors (Lipinski definition) is 2. The lowest BCUT2D eigenvalue weighted by atomic mass is 10.0. The van der Waals surface area contributed by atoms with E-state index in [-0.39, 0.29) is 0 Å². The Labute approximate surface area is 220 Å². The highest BCUT2D eigenvalue weighted by Gasteiger charge is 2.16. The number of phenolic OH excluding ortho intramolecular Hbond substituents is 1. The maximum atomic E-state index is 10.2. The molecule has 8 heteroatoms. The predicted octanol–water partition coefficient (Wildman–Crippen LogP) is 6.62. The molecule has 5 rings (SSSR count). The highest BCUT2D eigenvalue weighted by molar-refractivity contribution is 7.99. The lowest BCUT2D eigenvalue weighted by Crippen LogP contribution is -2.02. The number of phenols is 1. The van der Waals surface area contributed by atoms with Crippen molar-refractivity contribution in [3.8, 4) is 22.6 Å². The maximum Gasteiger partial charge on any atom is 0.148 e. The van der Waals surface area contributed by atoms with Crippen LogP contribution in [0.15, 0.2) is 76.2 Å². The summed E-state index contributed by atoms with van der Waals surface area (Å²) in [6.45, 7) is 2.81. The van der Waals surface area contributed by atoms with Gasteiger partial charge in [-0.3, -0.25) is 0 Å². The number of aromatic amines is 1. The lowest BCUT2D eigenvalue weighted by molar-refractivity contribution is 0.315. The Bertz CT molecular complexity index is 1430. The minimum absolute atomic E-state index is 0.298. The molecule has 0 aliphatic rings. The molecule has 0 bridgehead atoms. The predicted molar refractivity (Wildman–Crippen MR) is 146 cm³/mol. The maximum absolute atomic E-state index is 10.2. The summed E-state index contributed by atoms with van der Waals surface area (Å²) in [6, 6.07) is 20.3. The van der Waals surface area contributed by atoms with Crippen LogP contribution in [0.4, 0.5) is 0 Å². The zero-order valence-electron chi connectivity index (χ0n) is 20.8. The SMILES string of the molecule is CCCc1c(OCCCSc2ccc(O)c(CCc3nnn[nH]3)c2)ccc2c(-c3ccccc3)coc12. The van der Waals surface area contributed by atoms with E-state index in [9.17, 15) is 5.11 Å². The molecule has 0 saturated carbocycles. The van der Waals surface area contributed by atoms with Crippen molar-refractivity contribution < 1.29 is 14.3 Å². The molecule has 0 unspecified atom stereocenters. The molecule has 0 fully saturated rings. The van der Waals surface area contributed by atoms with Gasteiger partial charge in [0.2, 0.25) is 0 Å². The highest BCUT2D eigenvalue weighted by Crippen LogP contribution is 2.37. The van der Waals surface area contributed by atoms with Crippen LogP contribution >= 0.6 is 11.8 Å². The number of ether oxygens (including phenoxy) is 1. The summed E-state index contributed by atoms with van der Waals surface area (Å²) in [7, 11) is 0. The number of thioether (sulfide) groups is 1. The fraction of sp³-hybridized carbons (Fsp3) is 0.276. The van der Waals surface area contributed by atoms with Crippen LogP contribution in [0.3, 0.4) is 0 Å². The van der Waals surface area contributed by atoms with Gasteiger partial charge >= 0.3 is 0 Å². The first kappa shape index (κ1) is 24.9. The Morgan fingerprint density at radius 3 is 2.73 bits per heavy atom. The molecule has 2 N–H and O–H groups in total. The molecule has 0 aliphatic heterocycles. The Balaban J connectivity index is 1.18. The number of benzene rings is 3. The first-order chi connectivity index (χ1) is 18.2. The Morgan fingerprint density at radius 2 is 1.92 bits per heavy atom. The van der Waals surface area contributed by atoms with E-state index in [0.717, 1.165) is 68.9 Å². The lowest BCUT2D eigenvalue weighted by Gasteiger charge is -2.12. The Kier molecular flexibility index (Phi) is 8.05. The highest BCUT2D eigenvalue weighted by atomic mass is 32.2. The number of nitrogens with zero attached hydrogens (tertiary/aromatic N) is 3. The van der Waals surface area contributed by atoms with Crippen LogP contribution in [0, 0.1) is 0 Å². The second-order valence-electron chi connectivity index (χ2n) is 8.87. The van der Waals surface area contributed by atoms with E-state index in [4.69, 9.17) is 9.15 Å². The molecule has 5 aromatic rings. The molecule has 0 spiro atoms. The van der Waals surface area contributed by atoms with Crippen LogP contribution in [0.5, 0.6) is 11.5 Å². The number of H-pyrrole nitrogens is 1. The number of fused-ring (bicyclic) bond motifs is 1. The van der Waals surface area contributed by atoms with Crippen LogP contribution in [0.1, 0.15) is 36.7 Å². The van der Waals surface area contributed by atoms with Gasteiger partial charge in [0, 0.05) is 33.6 Å². The number of hydrogen-bond acceptors (Lipinski definition) is 7. The summed E-state index contributed by atoms with van der Waals surface area (Å²) in [5, 5.41) is 25.2. The fourth-order valence-electron chi connectivity index (χ4n) is 4.42. The van der Waals surface area contributed by atoms with Crippen molar-refractivity contribution in [3.63, 3.8) is 0 Å². The van der Waals surface area contributed by atoms with Crippen LogP contribution in [-0.2, 0) is 19.3 Å². The molecular weight excluding hydrogens is 484 g/mol. The first-order valence-electron chi connectivity index (χ1n) is 12.6. The number of rotatable bonds is 12. The molecule has 3 aromatic carbocycles.